The number of carbonyl (C=O) groups is 1. The van der Waals surface area contributed by atoms with Crippen molar-refractivity contribution in [2.24, 2.45) is 7.05 Å². The van der Waals surface area contributed by atoms with E-state index < -0.39 is 15.0 Å². The van der Waals surface area contributed by atoms with Gasteiger partial charge in [-0.25, -0.2) is 13.4 Å². The molecule has 0 radical (unpaired) electrons. The Bertz CT molecular complexity index is 771. The van der Waals surface area contributed by atoms with E-state index in [1.165, 1.54) is 24.5 Å². The molecule has 0 bridgehead atoms. The fraction of sp³-hybridized carbons (Fsp3) is 0.0909. The quantitative estimate of drug-likeness (QED) is 0.873. The minimum absolute atomic E-state index is 0.0705. The predicted octanol–water partition coefficient (Wildman–Crippen LogP) is 2.25. The van der Waals surface area contributed by atoms with Gasteiger partial charge in [-0.05, 0) is 18.2 Å². The number of hydrogen-bond donors (Lipinski definition) is 1. The standard InChI is InChI=1S/C11H9Cl2N3O3S/c1-16-5-9(14-6-16)11(17)15-7-2-3-10(8(12)4-7)20(13,18)19/h2-6H,1H3,(H,15,17). The summed E-state index contributed by atoms with van der Waals surface area (Å²) in [5.74, 6) is -0.428. The summed E-state index contributed by atoms with van der Waals surface area (Å²) in [4.78, 5) is 15.5. The second-order valence-corrected chi connectivity index (χ2v) is 6.90. The lowest BCUT2D eigenvalue weighted by Crippen LogP contribution is -2.12. The van der Waals surface area contributed by atoms with E-state index in [2.05, 4.69) is 10.3 Å². The molecule has 6 nitrogen and oxygen atoms in total. The second kappa shape index (κ2) is 5.43. The minimum Gasteiger partial charge on any atom is -0.340 e. The molecule has 20 heavy (non-hydrogen) atoms. The van der Waals surface area contributed by atoms with Crippen molar-refractivity contribution in [3.8, 4) is 0 Å². The Morgan fingerprint density at radius 1 is 1.40 bits per heavy atom. The highest BCUT2D eigenvalue weighted by Gasteiger charge is 2.16. The van der Waals surface area contributed by atoms with E-state index in [4.69, 9.17) is 22.3 Å². The summed E-state index contributed by atoms with van der Waals surface area (Å²) in [6.45, 7) is 0. The van der Waals surface area contributed by atoms with Crippen LogP contribution < -0.4 is 5.32 Å². The zero-order valence-electron chi connectivity index (χ0n) is 10.2. The van der Waals surface area contributed by atoms with Crippen LogP contribution in [0.2, 0.25) is 5.02 Å². The van der Waals surface area contributed by atoms with E-state index in [0.29, 0.717) is 5.69 Å². The molecule has 1 aromatic heterocycles. The van der Waals surface area contributed by atoms with Crippen molar-refractivity contribution in [2.45, 2.75) is 4.90 Å². The highest BCUT2D eigenvalue weighted by molar-refractivity contribution is 8.13. The number of carbonyl (C=O) groups excluding carboxylic acids is 1. The van der Waals surface area contributed by atoms with Gasteiger partial charge in [-0.3, -0.25) is 4.79 Å². The van der Waals surface area contributed by atoms with Gasteiger partial charge >= 0.3 is 0 Å². The van der Waals surface area contributed by atoms with Crippen molar-refractivity contribution in [3.63, 3.8) is 0 Å². The highest BCUT2D eigenvalue weighted by Crippen LogP contribution is 2.27. The minimum atomic E-state index is -3.92. The molecule has 2 rings (SSSR count). The monoisotopic (exact) mass is 333 g/mol. The van der Waals surface area contributed by atoms with Crippen molar-refractivity contribution in [2.75, 3.05) is 5.32 Å². The lowest BCUT2D eigenvalue weighted by Gasteiger charge is -2.06. The summed E-state index contributed by atoms with van der Waals surface area (Å²) in [7, 11) is 3.03. The highest BCUT2D eigenvalue weighted by atomic mass is 35.7. The van der Waals surface area contributed by atoms with Crippen LogP contribution in [0, 0.1) is 0 Å². The van der Waals surface area contributed by atoms with Crippen molar-refractivity contribution in [1.29, 1.82) is 0 Å². The summed E-state index contributed by atoms with van der Waals surface area (Å²) >= 11 is 5.81. The Hall–Kier alpha value is -1.57. The Morgan fingerprint density at radius 3 is 2.60 bits per heavy atom. The van der Waals surface area contributed by atoms with E-state index in [1.54, 1.807) is 17.8 Å². The topological polar surface area (TPSA) is 81.1 Å². The summed E-state index contributed by atoms with van der Waals surface area (Å²) in [6.07, 6.45) is 3.04. The van der Waals surface area contributed by atoms with E-state index in [9.17, 15) is 13.2 Å². The van der Waals surface area contributed by atoms with Gasteiger partial charge in [0.25, 0.3) is 15.0 Å². The molecule has 0 aliphatic heterocycles. The Kier molecular flexibility index (Phi) is 4.03. The Balaban J connectivity index is 2.23. The molecule has 0 saturated carbocycles. The zero-order chi connectivity index (χ0) is 14.9. The third-order valence-corrected chi connectivity index (χ3v) is 4.19. The molecule has 1 amide bonds. The number of nitrogens with one attached hydrogen (secondary N) is 1. The molecule has 0 unspecified atom stereocenters. The first-order chi connectivity index (χ1) is 9.27. The van der Waals surface area contributed by atoms with Crippen LogP contribution in [0.15, 0.2) is 35.6 Å². The first-order valence-electron chi connectivity index (χ1n) is 5.31. The van der Waals surface area contributed by atoms with Gasteiger partial charge in [0.1, 0.15) is 10.6 Å². The average Bonchev–Trinajstić information content (AvgIpc) is 2.74. The van der Waals surface area contributed by atoms with Crippen LogP contribution in [0.3, 0.4) is 0 Å². The Morgan fingerprint density at radius 2 is 2.10 bits per heavy atom. The molecule has 2 aromatic rings. The summed E-state index contributed by atoms with van der Waals surface area (Å²) in [5.41, 5.74) is 0.576. The first kappa shape index (κ1) is 14.8. The van der Waals surface area contributed by atoms with Crippen LogP contribution in [0.5, 0.6) is 0 Å². The molecule has 0 aliphatic carbocycles. The molecular formula is C11H9Cl2N3O3S. The van der Waals surface area contributed by atoms with E-state index in [1.807, 2.05) is 0 Å². The number of hydrogen-bond acceptors (Lipinski definition) is 4. The Labute approximate surface area is 124 Å². The SMILES string of the molecule is Cn1cnc(C(=O)Nc2ccc(S(=O)(=O)Cl)c(Cl)c2)c1. The van der Waals surface area contributed by atoms with Crippen molar-refractivity contribution in [3.05, 3.63) is 41.4 Å². The molecule has 1 N–H and O–H groups in total. The first-order valence-corrected chi connectivity index (χ1v) is 7.99. The van der Waals surface area contributed by atoms with E-state index >= 15 is 0 Å². The van der Waals surface area contributed by atoms with Crippen LogP contribution in [-0.4, -0.2) is 23.9 Å². The van der Waals surface area contributed by atoms with E-state index in [-0.39, 0.29) is 15.6 Å². The largest absolute Gasteiger partial charge is 0.340 e. The number of nitrogens with zero attached hydrogens (tertiary/aromatic N) is 2. The maximum atomic E-state index is 11.8. The van der Waals surface area contributed by atoms with Gasteiger partial charge in [-0.2, -0.15) is 0 Å². The average molecular weight is 334 g/mol. The van der Waals surface area contributed by atoms with Crippen molar-refractivity contribution >= 4 is 42.9 Å². The second-order valence-electron chi connectivity index (χ2n) is 3.96. The molecule has 9 heteroatoms. The number of anilines is 1. The maximum absolute atomic E-state index is 11.8. The van der Waals surface area contributed by atoms with Gasteiger partial charge in [-0.1, -0.05) is 11.6 Å². The van der Waals surface area contributed by atoms with Crippen LogP contribution in [0.25, 0.3) is 0 Å². The van der Waals surface area contributed by atoms with Gasteiger partial charge < -0.3 is 9.88 Å². The van der Waals surface area contributed by atoms with Gasteiger partial charge in [0.2, 0.25) is 0 Å². The third kappa shape index (κ3) is 3.30. The number of halogens is 2. The molecule has 0 spiro atoms. The fourth-order valence-corrected chi connectivity index (χ4v) is 3.03. The van der Waals surface area contributed by atoms with Crippen LogP contribution in [0.1, 0.15) is 10.5 Å². The zero-order valence-corrected chi connectivity index (χ0v) is 12.5. The molecule has 0 atom stereocenters. The molecule has 0 fully saturated rings. The lowest BCUT2D eigenvalue weighted by atomic mass is 10.3. The van der Waals surface area contributed by atoms with Gasteiger partial charge in [0.15, 0.2) is 0 Å². The number of benzene rings is 1. The number of aryl methyl sites for hydroxylation is 1. The summed E-state index contributed by atoms with van der Waals surface area (Å²) in [6, 6.07) is 3.92. The molecule has 0 saturated heterocycles. The number of imidazole rings is 1. The number of aromatic nitrogens is 2. The van der Waals surface area contributed by atoms with E-state index in [0.717, 1.165) is 0 Å². The number of amides is 1. The lowest BCUT2D eigenvalue weighted by molar-refractivity contribution is 0.102. The molecule has 106 valence electrons. The molecule has 0 aliphatic rings. The predicted molar refractivity (Wildman–Crippen MR) is 75.7 cm³/mol. The smallest absolute Gasteiger partial charge is 0.275 e. The third-order valence-electron chi connectivity index (χ3n) is 2.39. The van der Waals surface area contributed by atoms with Gasteiger partial charge in [-0.15, -0.1) is 0 Å². The fourth-order valence-electron chi connectivity index (χ4n) is 1.50. The van der Waals surface area contributed by atoms with Crippen molar-refractivity contribution < 1.29 is 13.2 Å². The van der Waals surface area contributed by atoms with Crippen molar-refractivity contribution in [1.82, 2.24) is 9.55 Å². The summed E-state index contributed by atoms with van der Waals surface area (Å²) in [5, 5.41) is 2.48. The van der Waals surface area contributed by atoms with Crippen LogP contribution in [0.4, 0.5) is 5.69 Å². The number of rotatable bonds is 3. The molecular weight excluding hydrogens is 325 g/mol. The normalized spacial score (nSPS) is 11.3. The van der Waals surface area contributed by atoms with Crippen LogP contribution >= 0.6 is 22.3 Å². The molecule has 1 heterocycles. The molecule has 1 aromatic carbocycles. The van der Waals surface area contributed by atoms with Crippen LogP contribution in [-0.2, 0) is 16.1 Å². The maximum Gasteiger partial charge on any atom is 0.275 e. The van der Waals surface area contributed by atoms with Gasteiger partial charge in [0, 0.05) is 29.6 Å². The summed E-state index contributed by atoms with van der Waals surface area (Å²) < 4.78 is 24.0. The van der Waals surface area contributed by atoms with Gasteiger partial charge in [0.05, 0.1) is 11.3 Å².